The Hall–Kier alpha value is -2.31. The Morgan fingerprint density at radius 3 is 2.61 bits per heavy atom. The molecular formula is C16H24N4O3. The summed E-state index contributed by atoms with van der Waals surface area (Å²) < 4.78 is 5.01. The van der Waals surface area contributed by atoms with Gasteiger partial charge in [-0.2, -0.15) is 0 Å². The summed E-state index contributed by atoms with van der Waals surface area (Å²) in [7, 11) is 0. The predicted octanol–water partition coefficient (Wildman–Crippen LogP) is 2.46. The lowest BCUT2D eigenvalue weighted by molar-refractivity contribution is -0.115. The molecule has 0 radical (unpaired) electrons. The number of hydrogen-bond acceptors (Lipinski definition) is 5. The third-order valence-electron chi connectivity index (χ3n) is 3.74. The highest BCUT2D eigenvalue weighted by atomic mass is 16.6. The summed E-state index contributed by atoms with van der Waals surface area (Å²) in [5.41, 5.74) is 0.911. The van der Waals surface area contributed by atoms with E-state index in [0.29, 0.717) is 38.0 Å². The van der Waals surface area contributed by atoms with E-state index in [-0.39, 0.29) is 12.0 Å². The van der Waals surface area contributed by atoms with Crippen LogP contribution in [-0.4, -0.2) is 47.6 Å². The van der Waals surface area contributed by atoms with Crippen molar-refractivity contribution >= 4 is 23.5 Å². The van der Waals surface area contributed by atoms with Crippen molar-refractivity contribution in [3.05, 3.63) is 18.3 Å². The molecular weight excluding hydrogens is 296 g/mol. The summed E-state index contributed by atoms with van der Waals surface area (Å²) in [4.78, 5) is 28.9. The smallest absolute Gasteiger partial charge is 0.409 e. The number of carbonyl (C=O) groups excluding carboxylic acids is 2. The van der Waals surface area contributed by atoms with Crippen molar-refractivity contribution < 1.29 is 14.3 Å². The molecule has 1 saturated heterocycles. The number of nitrogens with zero attached hydrogens (tertiary/aromatic N) is 2. The highest BCUT2D eigenvalue weighted by molar-refractivity contribution is 5.89. The van der Waals surface area contributed by atoms with Crippen LogP contribution in [0.3, 0.4) is 0 Å². The van der Waals surface area contributed by atoms with Crippen LogP contribution < -0.4 is 10.6 Å². The van der Waals surface area contributed by atoms with Gasteiger partial charge in [-0.3, -0.25) is 4.79 Å². The van der Waals surface area contributed by atoms with Gasteiger partial charge >= 0.3 is 6.09 Å². The van der Waals surface area contributed by atoms with E-state index in [1.807, 2.05) is 13.0 Å². The molecule has 23 heavy (non-hydrogen) atoms. The van der Waals surface area contributed by atoms with Crippen LogP contribution >= 0.6 is 0 Å². The first kappa shape index (κ1) is 17.1. The number of rotatable bonds is 5. The first-order valence-corrected chi connectivity index (χ1v) is 8.06. The van der Waals surface area contributed by atoms with Crippen molar-refractivity contribution in [2.24, 2.45) is 0 Å². The third kappa shape index (κ3) is 5.12. The molecule has 1 fully saturated rings. The number of amides is 2. The van der Waals surface area contributed by atoms with Crippen LogP contribution in [-0.2, 0) is 9.53 Å². The lowest BCUT2D eigenvalue weighted by Crippen LogP contribution is -2.42. The molecule has 2 heterocycles. The van der Waals surface area contributed by atoms with Crippen LogP contribution in [0, 0.1) is 0 Å². The van der Waals surface area contributed by atoms with E-state index >= 15 is 0 Å². The second-order valence-electron chi connectivity index (χ2n) is 5.44. The Balaban J connectivity index is 1.80. The van der Waals surface area contributed by atoms with Crippen molar-refractivity contribution in [1.29, 1.82) is 0 Å². The predicted molar refractivity (Wildman–Crippen MR) is 88.4 cm³/mol. The number of pyridine rings is 1. The second kappa shape index (κ2) is 8.36. The fourth-order valence-electron chi connectivity index (χ4n) is 2.44. The summed E-state index contributed by atoms with van der Waals surface area (Å²) in [6.07, 6.45) is 3.65. The van der Waals surface area contributed by atoms with Crippen molar-refractivity contribution in [3.8, 4) is 0 Å². The van der Waals surface area contributed by atoms with Crippen LogP contribution in [0.5, 0.6) is 0 Å². The number of ether oxygens (including phenoxy) is 1. The van der Waals surface area contributed by atoms with Crippen molar-refractivity contribution in [2.45, 2.75) is 39.2 Å². The molecule has 0 aliphatic carbocycles. The molecule has 0 atom stereocenters. The number of nitrogens with one attached hydrogen (secondary N) is 2. The number of aromatic nitrogens is 1. The topological polar surface area (TPSA) is 83.6 Å². The van der Waals surface area contributed by atoms with Gasteiger partial charge in [-0.25, -0.2) is 9.78 Å². The third-order valence-corrected chi connectivity index (χ3v) is 3.74. The van der Waals surface area contributed by atoms with Crippen LogP contribution in [0.1, 0.15) is 33.1 Å². The van der Waals surface area contributed by atoms with E-state index < -0.39 is 0 Å². The highest BCUT2D eigenvalue weighted by Gasteiger charge is 2.23. The zero-order chi connectivity index (χ0) is 16.7. The number of piperidine rings is 1. The van der Waals surface area contributed by atoms with Gasteiger partial charge in [-0.1, -0.05) is 6.92 Å². The minimum atomic E-state index is -0.233. The monoisotopic (exact) mass is 320 g/mol. The maximum Gasteiger partial charge on any atom is 0.409 e. The molecule has 1 aliphatic heterocycles. The minimum absolute atomic E-state index is 0.0513. The normalized spacial score (nSPS) is 15.1. The lowest BCUT2D eigenvalue weighted by atomic mass is 10.1. The van der Waals surface area contributed by atoms with Gasteiger partial charge in [0.25, 0.3) is 0 Å². The van der Waals surface area contributed by atoms with Gasteiger partial charge < -0.3 is 20.3 Å². The summed E-state index contributed by atoms with van der Waals surface area (Å²) in [5, 5.41) is 6.13. The van der Waals surface area contributed by atoms with Gasteiger partial charge in [0.1, 0.15) is 5.82 Å². The lowest BCUT2D eigenvalue weighted by Gasteiger charge is -2.32. The number of likely N-dealkylation sites (tertiary alicyclic amines) is 1. The van der Waals surface area contributed by atoms with Crippen LogP contribution in [0.25, 0.3) is 0 Å². The Labute approximate surface area is 136 Å². The summed E-state index contributed by atoms with van der Waals surface area (Å²) in [6, 6.07) is 3.98. The summed E-state index contributed by atoms with van der Waals surface area (Å²) in [5.74, 6) is 0.504. The molecule has 1 aromatic rings. The fourth-order valence-corrected chi connectivity index (χ4v) is 2.44. The molecule has 1 aromatic heterocycles. The van der Waals surface area contributed by atoms with E-state index in [0.717, 1.165) is 18.5 Å². The molecule has 7 heteroatoms. The Kier molecular flexibility index (Phi) is 6.19. The molecule has 2 rings (SSSR count). The zero-order valence-electron chi connectivity index (χ0n) is 13.7. The zero-order valence-corrected chi connectivity index (χ0v) is 13.7. The van der Waals surface area contributed by atoms with Crippen molar-refractivity contribution in [1.82, 2.24) is 9.88 Å². The van der Waals surface area contributed by atoms with Crippen molar-refractivity contribution in [2.75, 3.05) is 30.3 Å². The van der Waals surface area contributed by atoms with Gasteiger partial charge in [-0.15, -0.1) is 0 Å². The second-order valence-corrected chi connectivity index (χ2v) is 5.44. The molecule has 0 unspecified atom stereocenters. The van der Waals surface area contributed by atoms with E-state index in [9.17, 15) is 9.59 Å². The van der Waals surface area contributed by atoms with Gasteiger partial charge in [0.05, 0.1) is 18.5 Å². The maximum absolute atomic E-state index is 11.7. The molecule has 0 bridgehead atoms. The molecule has 2 amide bonds. The number of carbonyl (C=O) groups is 2. The SMILES string of the molecule is CCOC(=O)N1CCC(Nc2ccc(NC(=O)CC)nc2)CC1. The Morgan fingerprint density at radius 2 is 2.04 bits per heavy atom. The summed E-state index contributed by atoms with van der Waals surface area (Å²) >= 11 is 0. The van der Waals surface area contributed by atoms with Gasteiger partial charge in [0, 0.05) is 25.6 Å². The van der Waals surface area contributed by atoms with Gasteiger partial charge in [0.2, 0.25) is 5.91 Å². The molecule has 0 aromatic carbocycles. The Bertz CT molecular complexity index is 525. The number of hydrogen-bond donors (Lipinski definition) is 2. The van der Waals surface area contributed by atoms with E-state index in [2.05, 4.69) is 15.6 Å². The minimum Gasteiger partial charge on any atom is -0.450 e. The highest BCUT2D eigenvalue weighted by Crippen LogP contribution is 2.17. The molecule has 0 spiro atoms. The molecule has 2 N–H and O–H groups in total. The van der Waals surface area contributed by atoms with E-state index in [1.165, 1.54) is 0 Å². The van der Waals surface area contributed by atoms with E-state index in [4.69, 9.17) is 4.74 Å². The molecule has 7 nitrogen and oxygen atoms in total. The molecule has 0 saturated carbocycles. The first-order valence-electron chi connectivity index (χ1n) is 8.06. The van der Waals surface area contributed by atoms with Crippen molar-refractivity contribution in [3.63, 3.8) is 0 Å². The van der Waals surface area contributed by atoms with E-state index in [1.54, 1.807) is 24.1 Å². The maximum atomic E-state index is 11.7. The van der Waals surface area contributed by atoms with Crippen LogP contribution in [0.15, 0.2) is 18.3 Å². The number of anilines is 2. The fraction of sp³-hybridized carbons (Fsp3) is 0.562. The molecule has 126 valence electrons. The average Bonchev–Trinajstić information content (AvgIpc) is 2.57. The first-order chi connectivity index (χ1) is 11.1. The summed E-state index contributed by atoms with van der Waals surface area (Å²) in [6.45, 7) is 5.40. The Morgan fingerprint density at radius 1 is 1.30 bits per heavy atom. The van der Waals surface area contributed by atoms with Gasteiger partial charge in [0.15, 0.2) is 0 Å². The quantitative estimate of drug-likeness (QED) is 0.870. The largest absolute Gasteiger partial charge is 0.450 e. The van der Waals surface area contributed by atoms with Crippen LogP contribution in [0.4, 0.5) is 16.3 Å². The standard InChI is InChI=1S/C16H24N4O3/c1-3-15(21)19-14-6-5-13(11-17-14)18-12-7-9-20(10-8-12)16(22)23-4-2/h5-6,11-12,18H,3-4,7-10H2,1-2H3,(H,17,19,21). The van der Waals surface area contributed by atoms with Gasteiger partial charge in [-0.05, 0) is 31.9 Å². The molecule has 1 aliphatic rings. The van der Waals surface area contributed by atoms with Crippen LogP contribution in [0.2, 0.25) is 0 Å². The average molecular weight is 320 g/mol.